The molecule has 206 valence electrons. The average Bonchev–Trinajstić information content (AvgIpc) is 3.43. The summed E-state index contributed by atoms with van der Waals surface area (Å²) in [6.45, 7) is 8.94. The Morgan fingerprint density at radius 3 is 2.46 bits per heavy atom. The molecule has 0 radical (unpaired) electrons. The fourth-order valence-corrected chi connectivity index (χ4v) is 6.37. The molecule has 0 unspecified atom stereocenters. The molecule has 0 aliphatic carbocycles. The number of fused-ring (bicyclic) bond motifs is 1. The number of ether oxygens (including phenoxy) is 2. The van der Waals surface area contributed by atoms with Crippen LogP contribution in [0.25, 0.3) is 21.3 Å². The third-order valence-corrected chi connectivity index (χ3v) is 8.20. The maximum atomic E-state index is 12.5. The van der Waals surface area contributed by atoms with Crippen molar-refractivity contribution in [1.29, 1.82) is 0 Å². The number of halogens is 1. The zero-order chi connectivity index (χ0) is 27.9. The van der Waals surface area contributed by atoms with Gasteiger partial charge in [-0.2, -0.15) is 0 Å². The Kier molecular flexibility index (Phi) is 7.57. The molecular weight excluding hydrogens is 538 g/mol. The zero-order valence-electron chi connectivity index (χ0n) is 22.6. The fourth-order valence-electron chi connectivity index (χ4n) is 4.97. The van der Waals surface area contributed by atoms with Gasteiger partial charge in [0.05, 0.1) is 16.8 Å². The number of aromatic nitrogens is 1. The summed E-state index contributed by atoms with van der Waals surface area (Å²) in [6, 6.07) is 7.67. The molecule has 2 aliphatic heterocycles. The number of piperidine rings is 1. The van der Waals surface area contributed by atoms with Crippen LogP contribution in [0.5, 0.6) is 5.75 Å². The quantitative estimate of drug-likeness (QED) is 0.333. The second-order valence-corrected chi connectivity index (χ2v) is 12.6. The van der Waals surface area contributed by atoms with Crippen molar-refractivity contribution in [2.24, 2.45) is 0 Å². The van der Waals surface area contributed by atoms with E-state index in [9.17, 15) is 14.4 Å². The van der Waals surface area contributed by atoms with Crippen LogP contribution in [0.2, 0.25) is 5.02 Å². The third-order valence-electron chi connectivity index (χ3n) is 6.84. The minimum absolute atomic E-state index is 0.0641. The Labute approximate surface area is 236 Å². The second-order valence-electron chi connectivity index (χ2n) is 11.0. The van der Waals surface area contributed by atoms with E-state index in [1.807, 2.05) is 52.0 Å². The first-order valence-electron chi connectivity index (χ1n) is 13.1. The SMILES string of the molecule is Cc1cc(Cl)cc(-c2ccnc3cc(CN4C(=O)CCC4=O)sc23)c1OC1CCN(C(=O)OC(C)(C)C)CC1. The molecule has 0 spiro atoms. The fraction of sp³-hybridized carbons (Fsp3) is 0.448. The number of thiophene rings is 1. The largest absolute Gasteiger partial charge is 0.489 e. The highest BCUT2D eigenvalue weighted by Crippen LogP contribution is 2.42. The van der Waals surface area contributed by atoms with Gasteiger partial charge < -0.3 is 14.4 Å². The first-order chi connectivity index (χ1) is 18.5. The van der Waals surface area contributed by atoms with E-state index in [0.717, 1.165) is 37.5 Å². The van der Waals surface area contributed by atoms with Crippen molar-refractivity contribution in [2.75, 3.05) is 13.1 Å². The molecule has 1 aromatic carbocycles. The number of carbonyl (C=O) groups is 3. The molecule has 2 aliphatic rings. The molecule has 8 nitrogen and oxygen atoms in total. The van der Waals surface area contributed by atoms with E-state index in [1.54, 1.807) is 11.1 Å². The maximum Gasteiger partial charge on any atom is 0.410 e. The Balaban J connectivity index is 1.40. The van der Waals surface area contributed by atoms with E-state index in [-0.39, 0.29) is 43.4 Å². The van der Waals surface area contributed by atoms with Crippen molar-refractivity contribution in [3.8, 4) is 16.9 Å². The number of hydrogen-bond donors (Lipinski definition) is 0. The third kappa shape index (κ3) is 6.04. The summed E-state index contributed by atoms with van der Waals surface area (Å²) < 4.78 is 13.1. The number of nitrogens with zero attached hydrogens (tertiary/aromatic N) is 3. The van der Waals surface area contributed by atoms with Gasteiger partial charge in [-0.15, -0.1) is 11.3 Å². The van der Waals surface area contributed by atoms with Crippen molar-refractivity contribution in [2.45, 2.75) is 71.6 Å². The van der Waals surface area contributed by atoms with E-state index >= 15 is 0 Å². The summed E-state index contributed by atoms with van der Waals surface area (Å²) in [5.74, 6) is 0.483. The van der Waals surface area contributed by atoms with E-state index in [0.29, 0.717) is 31.0 Å². The number of amides is 3. The Bertz CT molecular complexity index is 1420. The lowest BCUT2D eigenvalue weighted by molar-refractivity contribution is -0.139. The molecule has 0 atom stereocenters. The van der Waals surface area contributed by atoms with Crippen LogP contribution in [0.4, 0.5) is 4.79 Å². The van der Waals surface area contributed by atoms with Gasteiger partial charge in [0.15, 0.2) is 0 Å². The van der Waals surface area contributed by atoms with Crippen molar-refractivity contribution < 1.29 is 23.9 Å². The number of carbonyl (C=O) groups excluding carboxylic acids is 3. The smallest absolute Gasteiger partial charge is 0.410 e. The topological polar surface area (TPSA) is 89.0 Å². The number of rotatable bonds is 5. The van der Waals surface area contributed by atoms with Crippen LogP contribution in [0, 0.1) is 6.92 Å². The lowest BCUT2D eigenvalue weighted by Crippen LogP contribution is -2.44. The molecule has 3 amide bonds. The molecule has 0 saturated carbocycles. The number of hydrogen-bond acceptors (Lipinski definition) is 7. The van der Waals surface area contributed by atoms with Gasteiger partial charge in [0.1, 0.15) is 17.5 Å². The van der Waals surface area contributed by atoms with Crippen LogP contribution in [0.1, 0.15) is 56.9 Å². The van der Waals surface area contributed by atoms with Crippen LogP contribution in [-0.4, -0.2) is 57.5 Å². The lowest BCUT2D eigenvalue weighted by Gasteiger charge is -2.34. The van der Waals surface area contributed by atoms with E-state index < -0.39 is 5.60 Å². The molecule has 0 N–H and O–H groups in total. The van der Waals surface area contributed by atoms with Gasteiger partial charge >= 0.3 is 6.09 Å². The lowest BCUT2D eigenvalue weighted by atomic mass is 10.0. The number of aryl methyl sites for hydroxylation is 1. The minimum Gasteiger partial charge on any atom is -0.489 e. The van der Waals surface area contributed by atoms with Crippen molar-refractivity contribution in [3.63, 3.8) is 0 Å². The Morgan fingerprint density at radius 1 is 1.10 bits per heavy atom. The van der Waals surface area contributed by atoms with E-state index in [1.165, 1.54) is 16.2 Å². The monoisotopic (exact) mass is 569 g/mol. The van der Waals surface area contributed by atoms with Crippen molar-refractivity contribution in [3.05, 3.63) is 45.9 Å². The first-order valence-corrected chi connectivity index (χ1v) is 14.3. The van der Waals surface area contributed by atoms with Gasteiger partial charge in [0, 0.05) is 66.0 Å². The highest BCUT2D eigenvalue weighted by atomic mass is 35.5. The highest BCUT2D eigenvalue weighted by molar-refractivity contribution is 7.19. The molecule has 39 heavy (non-hydrogen) atoms. The summed E-state index contributed by atoms with van der Waals surface area (Å²) in [6.07, 6.45) is 3.31. The molecular formula is C29H32ClN3O5S. The number of likely N-dealkylation sites (tertiary alicyclic amines) is 2. The van der Waals surface area contributed by atoms with Crippen LogP contribution in [-0.2, 0) is 20.9 Å². The standard InChI is InChI=1S/C29H32ClN3O5S/c1-17-13-18(30)14-22(26(17)37-19-8-11-32(12-9-19)28(36)38-29(2,3)4)21-7-10-31-23-15-20(39-27(21)23)16-33-24(34)5-6-25(33)35/h7,10,13-15,19H,5-6,8-9,11-12,16H2,1-4H3. The summed E-state index contributed by atoms with van der Waals surface area (Å²) in [5, 5.41) is 0.601. The average molecular weight is 570 g/mol. The number of imide groups is 1. The zero-order valence-corrected chi connectivity index (χ0v) is 24.2. The molecule has 5 rings (SSSR count). The second kappa shape index (κ2) is 10.8. The molecule has 2 aromatic heterocycles. The maximum absolute atomic E-state index is 12.5. The molecule has 2 saturated heterocycles. The van der Waals surface area contributed by atoms with E-state index in [2.05, 4.69) is 4.98 Å². The molecule has 2 fully saturated rings. The summed E-state index contributed by atoms with van der Waals surface area (Å²) in [4.78, 5) is 45.3. The van der Waals surface area contributed by atoms with Crippen molar-refractivity contribution >= 4 is 51.1 Å². The predicted octanol–water partition coefficient (Wildman–Crippen LogP) is 6.35. The summed E-state index contributed by atoms with van der Waals surface area (Å²) in [5.41, 5.74) is 2.98. The number of benzene rings is 1. The normalized spacial score (nSPS) is 16.8. The predicted molar refractivity (Wildman–Crippen MR) is 151 cm³/mol. The highest BCUT2D eigenvalue weighted by Gasteiger charge is 2.30. The number of pyridine rings is 1. The van der Waals surface area contributed by atoms with Gasteiger partial charge in [-0.3, -0.25) is 19.5 Å². The van der Waals surface area contributed by atoms with Crippen LogP contribution in [0.3, 0.4) is 0 Å². The first kappa shape index (κ1) is 27.4. The summed E-state index contributed by atoms with van der Waals surface area (Å²) >= 11 is 8.03. The van der Waals surface area contributed by atoms with Gasteiger partial charge in [0.2, 0.25) is 11.8 Å². The van der Waals surface area contributed by atoms with Crippen LogP contribution in [0.15, 0.2) is 30.5 Å². The Morgan fingerprint density at radius 2 is 1.79 bits per heavy atom. The van der Waals surface area contributed by atoms with Crippen LogP contribution < -0.4 is 4.74 Å². The molecule has 4 heterocycles. The van der Waals surface area contributed by atoms with E-state index in [4.69, 9.17) is 21.1 Å². The summed E-state index contributed by atoms with van der Waals surface area (Å²) in [7, 11) is 0. The minimum atomic E-state index is -0.531. The van der Waals surface area contributed by atoms with Crippen molar-refractivity contribution in [1.82, 2.24) is 14.8 Å². The Hall–Kier alpha value is -3.17. The van der Waals surface area contributed by atoms with Gasteiger partial charge in [-0.25, -0.2) is 4.79 Å². The molecule has 3 aromatic rings. The molecule has 0 bridgehead atoms. The van der Waals surface area contributed by atoms with Gasteiger partial charge in [0.25, 0.3) is 0 Å². The molecule has 10 heteroatoms. The van der Waals surface area contributed by atoms with Gasteiger partial charge in [-0.1, -0.05) is 11.6 Å². The van der Waals surface area contributed by atoms with Gasteiger partial charge in [-0.05, 0) is 57.5 Å². The van der Waals surface area contributed by atoms with Crippen LogP contribution >= 0.6 is 22.9 Å².